The maximum atomic E-state index is 12.6. The Morgan fingerprint density at radius 1 is 0.861 bits per heavy atom. The summed E-state index contributed by atoms with van der Waals surface area (Å²) >= 11 is 0. The van der Waals surface area contributed by atoms with Gasteiger partial charge in [0.05, 0.1) is 17.4 Å². The van der Waals surface area contributed by atoms with Crippen LogP contribution in [-0.2, 0) is 4.79 Å². The first kappa shape index (κ1) is 22.8. The largest absolute Gasteiger partial charge is 0.321 e. The molecule has 1 unspecified atom stereocenters. The molecule has 1 atom stereocenters. The van der Waals surface area contributed by atoms with Crippen LogP contribution in [-0.4, -0.2) is 11.6 Å². The molecule has 5 heteroatoms. The van der Waals surface area contributed by atoms with Gasteiger partial charge in [-0.25, -0.2) is 0 Å². The number of carbonyl (C=O) groups is 1. The molecule has 5 nitrogen and oxygen atoms in total. The van der Waals surface area contributed by atoms with E-state index < -0.39 is 5.91 Å². The van der Waals surface area contributed by atoms with Crippen LogP contribution in [0.15, 0.2) is 126 Å². The van der Waals surface area contributed by atoms with Gasteiger partial charge in [0.2, 0.25) is 0 Å². The number of anilines is 2. The van der Waals surface area contributed by atoms with Gasteiger partial charge in [-0.3, -0.25) is 9.80 Å². The summed E-state index contributed by atoms with van der Waals surface area (Å²) in [7, 11) is 0. The number of nitrogens with zero attached hydrogens (tertiary/aromatic N) is 3. The number of nitrogens with one attached hydrogen (secondary N) is 1. The topological polar surface area (TPSA) is 68.5 Å². The van der Waals surface area contributed by atoms with E-state index in [0.29, 0.717) is 5.69 Å². The van der Waals surface area contributed by atoms with Crippen LogP contribution < -0.4 is 10.3 Å². The molecule has 0 radical (unpaired) electrons. The highest BCUT2D eigenvalue weighted by Gasteiger charge is 2.29. The van der Waals surface area contributed by atoms with Crippen LogP contribution in [0.25, 0.3) is 6.08 Å². The third kappa shape index (κ3) is 5.08. The average Bonchev–Trinajstić information content (AvgIpc) is 3.39. The van der Waals surface area contributed by atoms with E-state index >= 15 is 0 Å². The van der Waals surface area contributed by atoms with Crippen LogP contribution in [0.4, 0.5) is 11.4 Å². The number of rotatable bonds is 6. The number of hydrazone groups is 1. The van der Waals surface area contributed by atoms with Gasteiger partial charge >= 0.3 is 0 Å². The fourth-order valence-electron chi connectivity index (χ4n) is 4.25. The van der Waals surface area contributed by atoms with Crippen molar-refractivity contribution in [2.75, 3.05) is 10.3 Å². The highest BCUT2D eigenvalue weighted by Crippen LogP contribution is 2.36. The molecule has 0 saturated heterocycles. The summed E-state index contributed by atoms with van der Waals surface area (Å²) in [6.45, 7) is 0. The predicted molar refractivity (Wildman–Crippen MR) is 144 cm³/mol. The van der Waals surface area contributed by atoms with Crippen LogP contribution in [0.1, 0.15) is 29.2 Å². The van der Waals surface area contributed by atoms with Crippen LogP contribution >= 0.6 is 0 Å². The summed E-state index contributed by atoms with van der Waals surface area (Å²) in [5.41, 5.74) is 5.74. The Hall–Kier alpha value is -4.95. The molecule has 0 saturated carbocycles. The van der Waals surface area contributed by atoms with Crippen molar-refractivity contribution >= 4 is 29.1 Å². The molecule has 1 aliphatic rings. The Labute approximate surface area is 210 Å². The molecule has 1 aliphatic heterocycles. The second-order valence-electron chi connectivity index (χ2n) is 8.47. The quantitative estimate of drug-likeness (QED) is 0.256. The standard InChI is InChI=1S/C31H24N4O/c32-22-26(31(36)33-27-14-8-3-9-15-27)20-23-16-18-28(19-17-23)35-30(25-12-6-2-7-13-25)21-29(34-35)24-10-4-1-5-11-24/h1-20,30H,21H2,(H,33,36)/b26-20+. The Bertz CT molecular complexity index is 1440. The van der Waals surface area contributed by atoms with Crippen LogP contribution in [0.3, 0.4) is 0 Å². The first-order valence-electron chi connectivity index (χ1n) is 11.8. The van der Waals surface area contributed by atoms with E-state index in [1.54, 1.807) is 18.2 Å². The monoisotopic (exact) mass is 468 g/mol. The van der Waals surface area contributed by atoms with E-state index in [0.717, 1.165) is 28.9 Å². The van der Waals surface area contributed by atoms with Crippen LogP contribution in [0, 0.1) is 11.3 Å². The van der Waals surface area contributed by atoms with E-state index in [9.17, 15) is 10.1 Å². The zero-order chi connectivity index (χ0) is 24.7. The zero-order valence-corrected chi connectivity index (χ0v) is 19.6. The normalized spacial score (nSPS) is 15.2. The van der Waals surface area contributed by atoms with Gasteiger partial charge in [0.25, 0.3) is 5.91 Å². The lowest BCUT2D eigenvalue weighted by Gasteiger charge is -2.24. The van der Waals surface area contributed by atoms with Crippen LogP contribution in [0.2, 0.25) is 0 Å². The summed E-state index contributed by atoms with van der Waals surface area (Å²) in [4.78, 5) is 12.6. The molecule has 1 amide bonds. The smallest absolute Gasteiger partial charge is 0.266 e. The molecule has 0 aliphatic carbocycles. The van der Waals surface area contributed by atoms with E-state index in [-0.39, 0.29) is 11.6 Å². The molecule has 0 spiro atoms. The lowest BCUT2D eigenvalue weighted by Crippen LogP contribution is -2.18. The maximum absolute atomic E-state index is 12.6. The number of amides is 1. The van der Waals surface area contributed by atoms with Gasteiger partial charge in [-0.1, -0.05) is 91.0 Å². The molecule has 5 rings (SSSR count). The zero-order valence-electron chi connectivity index (χ0n) is 19.6. The molecular weight excluding hydrogens is 444 g/mol. The van der Waals surface area contributed by atoms with Gasteiger partial charge in [-0.2, -0.15) is 10.4 Å². The summed E-state index contributed by atoms with van der Waals surface area (Å²) in [5.74, 6) is -0.437. The number of benzene rings is 4. The van der Waals surface area contributed by atoms with Gasteiger partial charge in [0.1, 0.15) is 11.6 Å². The van der Waals surface area contributed by atoms with Crippen molar-refractivity contribution in [1.82, 2.24) is 0 Å². The molecule has 4 aromatic carbocycles. The summed E-state index contributed by atoms with van der Waals surface area (Å²) < 4.78 is 0. The second kappa shape index (κ2) is 10.5. The lowest BCUT2D eigenvalue weighted by atomic mass is 9.98. The molecule has 4 aromatic rings. The van der Waals surface area contributed by atoms with Gasteiger partial charge < -0.3 is 5.32 Å². The second-order valence-corrected chi connectivity index (χ2v) is 8.47. The highest BCUT2D eigenvalue weighted by atomic mass is 16.1. The third-order valence-corrected chi connectivity index (χ3v) is 6.07. The van der Waals surface area contributed by atoms with Gasteiger partial charge in [-0.15, -0.1) is 0 Å². The third-order valence-electron chi connectivity index (χ3n) is 6.07. The first-order valence-corrected chi connectivity index (χ1v) is 11.8. The number of hydrogen-bond acceptors (Lipinski definition) is 4. The lowest BCUT2D eigenvalue weighted by molar-refractivity contribution is -0.112. The van der Waals surface area contributed by atoms with Crippen molar-refractivity contribution in [3.8, 4) is 6.07 Å². The summed E-state index contributed by atoms with van der Waals surface area (Å²) in [6, 6.07) is 39.5. The highest BCUT2D eigenvalue weighted by molar-refractivity contribution is 6.09. The van der Waals surface area contributed by atoms with Crippen LogP contribution in [0.5, 0.6) is 0 Å². The number of hydrogen-bond donors (Lipinski definition) is 1. The van der Waals surface area contributed by atoms with E-state index in [1.165, 1.54) is 5.56 Å². The van der Waals surface area contributed by atoms with E-state index in [4.69, 9.17) is 5.10 Å². The van der Waals surface area contributed by atoms with Crippen molar-refractivity contribution in [3.63, 3.8) is 0 Å². The average molecular weight is 469 g/mol. The first-order chi connectivity index (χ1) is 17.7. The van der Waals surface area contributed by atoms with E-state index in [1.807, 2.05) is 84.9 Å². The van der Waals surface area contributed by atoms with Gasteiger partial charge in [-0.05, 0) is 47.0 Å². The van der Waals surface area contributed by atoms with Crippen molar-refractivity contribution in [1.29, 1.82) is 5.26 Å². The molecule has 0 aromatic heterocycles. The Balaban J connectivity index is 1.41. The van der Waals surface area contributed by atoms with Crippen molar-refractivity contribution < 1.29 is 4.79 Å². The fourth-order valence-corrected chi connectivity index (χ4v) is 4.25. The minimum absolute atomic E-state index is 0.0410. The molecule has 0 fully saturated rings. The van der Waals surface area contributed by atoms with E-state index in [2.05, 4.69) is 34.6 Å². The van der Waals surface area contributed by atoms with Crippen molar-refractivity contribution in [2.24, 2.45) is 5.10 Å². The predicted octanol–water partition coefficient (Wildman–Crippen LogP) is 6.59. The maximum Gasteiger partial charge on any atom is 0.266 e. The molecular formula is C31H24N4O. The minimum Gasteiger partial charge on any atom is -0.321 e. The minimum atomic E-state index is -0.437. The molecule has 1 heterocycles. The molecule has 174 valence electrons. The van der Waals surface area contributed by atoms with Gasteiger partial charge in [0, 0.05) is 12.1 Å². The number of carbonyl (C=O) groups excluding carboxylic acids is 1. The Morgan fingerprint density at radius 3 is 2.11 bits per heavy atom. The van der Waals surface area contributed by atoms with Crippen molar-refractivity contribution in [2.45, 2.75) is 12.5 Å². The molecule has 36 heavy (non-hydrogen) atoms. The Kier molecular flexibility index (Phi) is 6.68. The van der Waals surface area contributed by atoms with Gasteiger partial charge in [0.15, 0.2) is 0 Å². The SMILES string of the molecule is N#C/C(=C\c1ccc(N2N=C(c3ccccc3)CC2c2ccccc2)cc1)C(=O)Nc1ccccc1. The summed E-state index contributed by atoms with van der Waals surface area (Å²) in [6.07, 6.45) is 2.40. The van der Waals surface area contributed by atoms with Crippen molar-refractivity contribution in [3.05, 3.63) is 138 Å². The summed E-state index contributed by atoms with van der Waals surface area (Å²) in [5, 5.41) is 19.4. The Morgan fingerprint density at radius 2 is 1.47 bits per heavy atom. The fraction of sp³-hybridized carbons (Fsp3) is 0.0645. The molecule has 0 bridgehead atoms. The molecule has 1 N–H and O–H groups in total. The number of para-hydroxylation sites is 1. The number of nitriles is 1.